The Morgan fingerprint density at radius 1 is 0.919 bits per heavy atom. The van der Waals surface area contributed by atoms with Gasteiger partial charge in [0.1, 0.15) is 29.3 Å². The summed E-state index contributed by atoms with van der Waals surface area (Å²) in [4.78, 5) is 59.0. The molecule has 9 rings (SSSR count). The Bertz CT molecular complexity index is 2840. The van der Waals surface area contributed by atoms with Gasteiger partial charge in [0.15, 0.2) is 23.0 Å². The van der Waals surface area contributed by atoms with Gasteiger partial charge in [0.25, 0.3) is 0 Å². The molecule has 7 aromatic rings. The Hall–Kier alpha value is -7.31. The van der Waals surface area contributed by atoms with E-state index in [2.05, 4.69) is 30.3 Å². The van der Waals surface area contributed by atoms with Gasteiger partial charge in [0.05, 0.1) is 29.9 Å². The number of fused-ring (bicyclic) bond motifs is 3. The molecule has 0 unspecified atom stereocenters. The monoisotopic (exact) mass is 840 g/mol. The van der Waals surface area contributed by atoms with Crippen molar-refractivity contribution in [2.24, 2.45) is 0 Å². The van der Waals surface area contributed by atoms with Crippen LogP contribution in [-0.4, -0.2) is 121 Å². The maximum atomic E-state index is 13.1. The molecule has 0 saturated carbocycles. The van der Waals surface area contributed by atoms with Gasteiger partial charge in [-0.1, -0.05) is 38.1 Å². The number of ether oxygens (including phenoxy) is 2. The molecule has 2 saturated heterocycles. The van der Waals surface area contributed by atoms with Crippen LogP contribution in [-0.2, 0) is 16.1 Å². The number of nitrogens with one attached hydrogen (secondary N) is 2. The molecule has 6 heterocycles. The molecular weight excluding hydrogens is 797 g/mol. The number of aromatic nitrogens is 6. The summed E-state index contributed by atoms with van der Waals surface area (Å²) in [5.74, 6) is 1.09. The van der Waals surface area contributed by atoms with Gasteiger partial charge in [0, 0.05) is 63.6 Å². The highest BCUT2D eigenvalue weighted by Gasteiger charge is 2.25. The third-order valence-electron chi connectivity index (χ3n) is 11.1. The van der Waals surface area contributed by atoms with Gasteiger partial charge in [-0.3, -0.25) is 9.69 Å². The molecule has 4 N–H and O–H groups in total. The lowest BCUT2D eigenvalue weighted by Crippen LogP contribution is -2.51. The molecule has 0 radical (unpaired) electrons. The summed E-state index contributed by atoms with van der Waals surface area (Å²) in [5.41, 5.74) is 4.31. The SMILES string of the molecule is CC(C)c1cc(-c2n[nH]c(=O)n2-c2ccc(CN3CCN(C(=O)CNC(=O)Oc4cccc(-c5nc(N6CCOCC6)c6oc7ncccc7c6n5)c4)CC3)cc2)c(O)cc1O. The molecule has 2 aliphatic rings. The Kier molecular flexibility index (Phi) is 11.0. The van der Waals surface area contributed by atoms with E-state index in [0.717, 1.165) is 10.9 Å². The number of phenolic OH excluding ortho intramolecular Hbond substituents is 2. The number of benzene rings is 3. The summed E-state index contributed by atoms with van der Waals surface area (Å²) in [6.45, 7) is 8.86. The summed E-state index contributed by atoms with van der Waals surface area (Å²) >= 11 is 0. The number of carbonyl (C=O) groups is 2. The first-order valence-corrected chi connectivity index (χ1v) is 20.4. The zero-order valence-electron chi connectivity index (χ0n) is 34.1. The van der Waals surface area contributed by atoms with Crippen LogP contribution < -0.4 is 20.6 Å². The number of phenols is 2. The number of rotatable bonds is 10. The number of aromatic amines is 1. The molecule has 2 fully saturated rings. The lowest BCUT2D eigenvalue weighted by atomic mass is 9.98. The van der Waals surface area contributed by atoms with E-state index in [-0.39, 0.29) is 41.4 Å². The van der Waals surface area contributed by atoms with Crippen LogP contribution in [0.4, 0.5) is 10.6 Å². The Balaban J connectivity index is 0.789. The predicted octanol–water partition coefficient (Wildman–Crippen LogP) is 4.78. The smallest absolute Gasteiger partial charge is 0.413 e. The number of furan rings is 1. The Labute approximate surface area is 354 Å². The third kappa shape index (κ3) is 8.12. The van der Waals surface area contributed by atoms with E-state index in [0.29, 0.717) is 110 Å². The van der Waals surface area contributed by atoms with Crippen LogP contribution >= 0.6 is 0 Å². The maximum absolute atomic E-state index is 13.1. The van der Waals surface area contributed by atoms with Crippen molar-refractivity contribution in [1.82, 2.24) is 44.8 Å². The van der Waals surface area contributed by atoms with Gasteiger partial charge in [-0.2, -0.15) is 5.10 Å². The van der Waals surface area contributed by atoms with Crippen LogP contribution in [0.25, 0.3) is 50.7 Å². The van der Waals surface area contributed by atoms with Gasteiger partial charge in [-0.15, -0.1) is 0 Å². The van der Waals surface area contributed by atoms with Crippen LogP contribution in [0.15, 0.2) is 88.2 Å². The van der Waals surface area contributed by atoms with Gasteiger partial charge < -0.3 is 39.2 Å². The zero-order valence-corrected chi connectivity index (χ0v) is 34.1. The van der Waals surface area contributed by atoms with Gasteiger partial charge >= 0.3 is 11.8 Å². The summed E-state index contributed by atoms with van der Waals surface area (Å²) in [5, 5.41) is 31.0. The average Bonchev–Trinajstić information content (AvgIpc) is 3.86. The molecule has 0 atom stereocenters. The largest absolute Gasteiger partial charge is 0.508 e. The molecule has 3 aromatic carbocycles. The summed E-state index contributed by atoms with van der Waals surface area (Å²) in [6.07, 6.45) is 0.903. The van der Waals surface area contributed by atoms with Crippen molar-refractivity contribution in [2.45, 2.75) is 26.3 Å². The second-order valence-electron chi connectivity index (χ2n) is 15.5. The van der Waals surface area contributed by atoms with Crippen molar-refractivity contribution in [2.75, 3.05) is 63.9 Å². The van der Waals surface area contributed by atoms with Crippen LogP contribution in [0.5, 0.6) is 17.2 Å². The fraction of sp³-hybridized carbons (Fsp3) is 0.295. The molecule has 62 heavy (non-hydrogen) atoms. The first-order chi connectivity index (χ1) is 30.1. The van der Waals surface area contributed by atoms with E-state index in [1.807, 2.05) is 56.3 Å². The fourth-order valence-electron chi connectivity index (χ4n) is 7.80. The molecule has 18 nitrogen and oxygen atoms in total. The lowest BCUT2D eigenvalue weighted by Gasteiger charge is -2.34. The van der Waals surface area contributed by atoms with E-state index in [9.17, 15) is 24.6 Å². The lowest BCUT2D eigenvalue weighted by molar-refractivity contribution is -0.131. The Morgan fingerprint density at radius 2 is 1.71 bits per heavy atom. The zero-order chi connectivity index (χ0) is 42.9. The topological polar surface area (TPSA) is 217 Å². The average molecular weight is 841 g/mol. The molecule has 2 amide bonds. The molecule has 318 valence electrons. The van der Waals surface area contributed by atoms with Crippen LogP contribution in [0.3, 0.4) is 0 Å². The third-order valence-corrected chi connectivity index (χ3v) is 11.1. The predicted molar refractivity (Wildman–Crippen MR) is 228 cm³/mol. The number of hydrogen-bond donors (Lipinski definition) is 4. The van der Waals surface area contributed by atoms with E-state index >= 15 is 0 Å². The standard InChI is InChI=1S/C44H44N10O8/c1-26(2)32-22-33(35(56)23-34(32)55)40-49-50-43(58)54(40)29-10-8-27(9-11-29)25-51-13-15-52(16-14-51)36(57)24-46-44(59)61-30-6-3-5-28(21-30)39-47-37-31-7-4-12-45-42(31)62-38(37)41(48-39)53-17-19-60-20-18-53/h3-12,21-23,26,55-56H,13-20,24-25H2,1-2H3,(H,46,59)(H,50,58). The maximum Gasteiger partial charge on any atom is 0.413 e. The number of pyridine rings is 1. The number of morpholine rings is 1. The normalized spacial score (nSPS) is 14.8. The first-order valence-electron chi connectivity index (χ1n) is 20.4. The second kappa shape index (κ2) is 17.0. The number of piperazine rings is 1. The molecule has 0 spiro atoms. The Morgan fingerprint density at radius 3 is 2.48 bits per heavy atom. The number of H-pyrrole nitrogens is 1. The molecule has 4 aromatic heterocycles. The van der Waals surface area contributed by atoms with Crippen molar-refractivity contribution in [1.29, 1.82) is 0 Å². The fourth-order valence-corrected chi connectivity index (χ4v) is 7.80. The minimum atomic E-state index is -0.764. The minimum Gasteiger partial charge on any atom is -0.508 e. The summed E-state index contributed by atoms with van der Waals surface area (Å²) in [6, 6.07) is 21.0. The van der Waals surface area contributed by atoms with Crippen LogP contribution in [0, 0.1) is 0 Å². The van der Waals surface area contributed by atoms with Crippen molar-refractivity contribution in [3.63, 3.8) is 0 Å². The van der Waals surface area contributed by atoms with E-state index in [1.54, 1.807) is 35.4 Å². The van der Waals surface area contributed by atoms with Crippen LogP contribution in [0.1, 0.15) is 30.9 Å². The molecule has 18 heteroatoms. The number of hydrogen-bond acceptors (Lipinski definition) is 14. The number of carbonyl (C=O) groups excluding carboxylic acids is 2. The quantitative estimate of drug-likeness (QED) is 0.146. The molecular formula is C44H44N10O8. The highest BCUT2D eigenvalue weighted by molar-refractivity contribution is 6.05. The van der Waals surface area contributed by atoms with Gasteiger partial charge in [-0.05, 0) is 59.5 Å². The van der Waals surface area contributed by atoms with Gasteiger partial charge in [-0.25, -0.2) is 34.2 Å². The number of nitrogens with zero attached hydrogens (tertiary/aromatic N) is 8. The molecule has 0 aliphatic carbocycles. The number of amides is 2. The molecule has 0 bridgehead atoms. The first kappa shape index (κ1) is 40.1. The van der Waals surface area contributed by atoms with E-state index in [1.165, 1.54) is 10.6 Å². The highest BCUT2D eigenvalue weighted by Crippen LogP contribution is 2.38. The van der Waals surface area contributed by atoms with Crippen molar-refractivity contribution in [3.8, 4) is 45.7 Å². The summed E-state index contributed by atoms with van der Waals surface area (Å²) < 4.78 is 18.7. The highest BCUT2D eigenvalue weighted by atomic mass is 16.6. The van der Waals surface area contributed by atoms with Crippen molar-refractivity contribution >= 4 is 40.0 Å². The summed E-state index contributed by atoms with van der Waals surface area (Å²) in [7, 11) is 0. The molecule has 2 aliphatic heterocycles. The van der Waals surface area contributed by atoms with Crippen molar-refractivity contribution in [3.05, 3.63) is 101 Å². The van der Waals surface area contributed by atoms with Crippen molar-refractivity contribution < 1.29 is 33.7 Å². The number of aromatic hydroxyl groups is 2. The van der Waals surface area contributed by atoms with E-state index in [4.69, 9.17) is 23.9 Å². The minimum absolute atomic E-state index is 0.0206. The van der Waals surface area contributed by atoms with E-state index < -0.39 is 11.8 Å². The van der Waals surface area contributed by atoms with Crippen LogP contribution in [0.2, 0.25) is 0 Å². The second-order valence-corrected chi connectivity index (χ2v) is 15.5. The number of anilines is 1. The van der Waals surface area contributed by atoms with Gasteiger partial charge in [0.2, 0.25) is 11.6 Å².